The van der Waals surface area contributed by atoms with Gasteiger partial charge in [-0.05, 0) is 18.6 Å². The largest absolute Gasteiger partial charge is 0.464 e. The van der Waals surface area contributed by atoms with Crippen molar-refractivity contribution in [3.05, 3.63) is 30.2 Å². The number of carbonyl (C=O) groups excluding carboxylic acids is 1. The molecule has 0 aliphatic heterocycles. The molecule has 0 amide bonds. The van der Waals surface area contributed by atoms with Crippen molar-refractivity contribution < 1.29 is 9.53 Å². The van der Waals surface area contributed by atoms with E-state index in [0.717, 1.165) is 24.2 Å². The fourth-order valence-corrected chi connectivity index (χ4v) is 1.76. The molecule has 0 radical (unpaired) electrons. The molecular weight excluding hydrogens is 244 g/mol. The lowest BCUT2D eigenvalue weighted by Crippen LogP contribution is -2.08. The van der Waals surface area contributed by atoms with Crippen LogP contribution < -0.4 is 5.73 Å². The maximum atomic E-state index is 11.4. The van der Waals surface area contributed by atoms with Gasteiger partial charge in [0.15, 0.2) is 5.69 Å². The van der Waals surface area contributed by atoms with Crippen molar-refractivity contribution >= 4 is 11.7 Å². The average molecular weight is 260 g/mol. The number of aryl methyl sites for hydroxylation is 1. The Morgan fingerprint density at radius 1 is 1.53 bits per heavy atom. The summed E-state index contributed by atoms with van der Waals surface area (Å²) < 4.78 is 6.46. The first kappa shape index (κ1) is 13.1. The second-order valence-electron chi connectivity index (χ2n) is 4.12. The number of ether oxygens (including phenoxy) is 1. The Labute approximate surface area is 111 Å². The number of carbonyl (C=O) groups is 1. The number of nitrogens with two attached hydrogens (primary N) is 1. The Balaban J connectivity index is 2.30. The van der Waals surface area contributed by atoms with Gasteiger partial charge in [-0.1, -0.05) is 6.92 Å². The molecule has 0 saturated carbocycles. The summed E-state index contributed by atoms with van der Waals surface area (Å²) in [5, 5.41) is 4.41. The molecule has 0 aromatic carbocycles. The van der Waals surface area contributed by atoms with E-state index in [2.05, 4.69) is 21.7 Å². The number of esters is 1. The number of pyridine rings is 1. The zero-order chi connectivity index (χ0) is 13.8. The van der Waals surface area contributed by atoms with E-state index in [1.54, 1.807) is 12.3 Å². The lowest BCUT2D eigenvalue weighted by atomic mass is 10.2. The van der Waals surface area contributed by atoms with Crippen LogP contribution in [0.15, 0.2) is 24.5 Å². The minimum atomic E-state index is -0.541. The van der Waals surface area contributed by atoms with Crippen LogP contribution in [0, 0.1) is 0 Å². The number of aromatic nitrogens is 3. The molecule has 0 atom stereocenters. The van der Waals surface area contributed by atoms with Gasteiger partial charge in [-0.15, -0.1) is 0 Å². The maximum Gasteiger partial charge on any atom is 0.358 e. The predicted molar refractivity (Wildman–Crippen MR) is 71.5 cm³/mol. The van der Waals surface area contributed by atoms with Gasteiger partial charge in [0.25, 0.3) is 0 Å². The van der Waals surface area contributed by atoms with Gasteiger partial charge in [-0.3, -0.25) is 4.68 Å². The van der Waals surface area contributed by atoms with Crippen molar-refractivity contribution in [1.29, 1.82) is 0 Å². The average Bonchev–Trinajstić information content (AvgIpc) is 2.87. The highest BCUT2D eigenvalue weighted by Gasteiger charge is 2.13. The fraction of sp³-hybridized carbons (Fsp3) is 0.308. The molecule has 0 aliphatic rings. The van der Waals surface area contributed by atoms with Crippen molar-refractivity contribution in [1.82, 2.24) is 14.8 Å². The molecule has 0 spiro atoms. The van der Waals surface area contributed by atoms with Gasteiger partial charge in [0.2, 0.25) is 0 Å². The molecule has 2 N–H and O–H groups in total. The van der Waals surface area contributed by atoms with E-state index in [1.807, 2.05) is 16.9 Å². The third-order valence-corrected chi connectivity index (χ3v) is 2.69. The molecule has 2 heterocycles. The first-order valence-electron chi connectivity index (χ1n) is 6.03. The monoisotopic (exact) mass is 260 g/mol. The Morgan fingerprint density at radius 2 is 2.32 bits per heavy atom. The molecule has 0 unspecified atom stereocenters. The van der Waals surface area contributed by atoms with Gasteiger partial charge in [0.05, 0.1) is 18.5 Å². The first-order valence-corrected chi connectivity index (χ1v) is 6.03. The molecule has 0 saturated heterocycles. The maximum absolute atomic E-state index is 11.4. The van der Waals surface area contributed by atoms with Crippen molar-refractivity contribution in [2.75, 3.05) is 12.8 Å². The van der Waals surface area contributed by atoms with Crippen molar-refractivity contribution in [2.24, 2.45) is 0 Å². The zero-order valence-corrected chi connectivity index (χ0v) is 11.0. The van der Waals surface area contributed by atoms with E-state index in [1.165, 1.54) is 7.11 Å². The van der Waals surface area contributed by atoms with Crippen LogP contribution in [0.3, 0.4) is 0 Å². The van der Waals surface area contributed by atoms with E-state index in [0.29, 0.717) is 0 Å². The highest BCUT2D eigenvalue weighted by Crippen LogP contribution is 2.21. The number of rotatable bonds is 4. The topological polar surface area (TPSA) is 83.0 Å². The smallest absolute Gasteiger partial charge is 0.358 e. The summed E-state index contributed by atoms with van der Waals surface area (Å²) in [5.41, 5.74) is 7.77. The Bertz CT molecular complexity index is 592. The molecule has 0 fully saturated rings. The standard InChI is InChI=1S/C13H16N4O2/c1-3-5-17-6-4-11(16-17)9-7-10(14)12(15-8-9)13(18)19-2/h4,6-8H,3,5,14H2,1-2H3. The summed E-state index contributed by atoms with van der Waals surface area (Å²) >= 11 is 0. The lowest BCUT2D eigenvalue weighted by molar-refractivity contribution is 0.0595. The summed E-state index contributed by atoms with van der Waals surface area (Å²) in [6, 6.07) is 3.57. The highest BCUT2D eigenvalue weighted by atomic mass is 16.5. The van der Waals surface area contributed by atoms with Crippen LogP contribution in [0.5, 0.6) is 0 Å². The van der Waals surface area contributed by atoms with Gasteiger partial charge in [-0.2, -0.15) is 5.10 Å². The SMILES string of the molecule is CCCn1ccc(-c2cnc(C(=O)OC)c(N)c2)n1. The van der Waals surface area contributed by atoms with Crippen LogP contribution in [0.1, 0.15) is 23.8 Å². The molecule has 2 aromatic heterocycles. The second-order valence-corrected chi connectivity index (χ2v) is 4.12. The van der Waals surface area contributed by atoms with Crippen LogP contribution in [0.25, 0.3) is 11.3 Å². The number of methoxy groups -OCH3 is 1. The van der Waals surface area contributed by atoms with E-state index >= 15 is 0 Å². The van der Waals surface area contributed by atoms with E-state index in [4.69, 9.17) is 5.73 Å². The third kappa shape index (κ3) is 2.73. The number of hydrogen-bond acceptors (Lipinski definition) is 5. The molecular formula is C13H16N4O2. The van der Waals surface area contributed by atoms with E-state index in [-0.39, 0.29) is 11.4 Å². The van der Waals surface area contributed by atoms with Gasteiger partial charge in [0.1, 0.15) is 0 Å². The normalized spacial score (nSPS) is 10.4. The second kappa shape index (κ2) is 5.51. The molecule has 6 heteroatoms. The molecule has 2 aromatic rings. The lowest BCUT2D eigenvalue weighted by Gasteiger charge is -2.04. The number of nitrogen functional groups attached to an aromatic ring is 1. The Kier molecular flexibility index (Phi) is 3.79. The molecule has 6 nitrogen and oxygen atoms in total. The van der Waals surface area contributed by atoms with E-state index in [9.17, 15) is 4.79 Å². The molecule has 0 bridgehead atoms. The summed E-state index contributed by atoms with van der Waals surface area (Å²) in [6.07, 6.45) is 4.49. The Morgan fingerprint density at radius 3 is 2.95 bits per heavy atom. The minimum absolute atomic E-state index is 0.124. The summed E-state index contributed by atoms with van der Waals surface area (Å²) in [7, 11) is 1.30. The molecule has 19 heavy (non-hydrogen) atoms. The zero-order valence-electron chi connectivity index (χ0n) is 11.0. The molecule has 2 rings (SSSR count). The van der Waals surface area contributed by atoms with Crippen molar-refractivity contribution in [3.8, 4) is 11.3 Å². The molecule has 0 aliphatic carbocycles. The van der Waals surface area contributed by atoms with Crippen molar-refractivity contribution in [2.45, 2.75) is 19.9 Å². The highest BCUT2D eigenvalue weighted by molar-refractivity contribution is 5.93. The van der Waals surface area contributed by atoms with Crippen LogP contribution >= 0.6 is 0 Å². The predicted octanol–water partition coefficient (Wildman–Crippen LogP) is 1.72. The van der Waals surface area contributed by atoms with Gasteiger partial charge >= 0.3 is 5.97 Å². The van der Waals surface area contributed by atoms with E-state index < -0.39 is 5.97 Å². The van der Waals surface area contributed by atoms with Gasteiger partial charge in [-0.25, -0.2) is 9.78 Å². The van der Waals surface area contributed by atoms with Crippen LogP contribution in [0.2, 0.25) is 0 Å². The molecule has 100 valence electrons. The van der Waals surface area contributed by atoms with Crippen LogP contribution in [0.4, 0.5) is 5.69 Å². The third-order valence-electron chi connectivity index (χ3n) is 2.69. The summed E-state index contributed by atoms with van der Waals surface area (Å²) in [6.45, 7) is 2.95. The number of hydrogen-bond donors (Lipinski definition) is 1. The van der Waals surface area contributed by atoms with Crippen molar-refractivity contribution in [3.63, 3.8) is 0 Å². The van der Waals surface area contributed by atoms with Gasteiger partial charge < -0.3 is 10.5 Å². The quantitative estimate of drug-likeness (QED) is 0.846. The summed E-state index contributed by atoms with van der Waals surface area (Å²) in [4.78, 5) is 15.4. The fourth-order valence-electron chi connectivity index (χ4n) is 1.76. The number of anilines is 1. The minimum Gasteiger partial charge on any atom is -0.464 e. The van der Waals surface area contributed by atoms with Crippen LogP contribution in [-0.2, 0) is 11.3 Å². The van der Waals surface area contributed by atoms with Gasteiger partial charge in [0, 0.05) is 24.5 Å². The number of nitrogens with zero attached hydrogens (tertiary/aromatic N) is 3. The van der Waals surface area contributed by atoms with Crippen LogP contribution in [-0.4, -0.2) is 27.8 Å². The Hall–Kier alpha value is -2.37. The first-order chi connectivity index (χ1) is 9.15. The summed E-state index contributed by atoms with van der Waals surface area (Å²) in [5.74, 6) is -0.541.